The second-order valence-corrected chi connectivity index (χ2v) is 5.80. The van der Waals surface area contributed by atoms with Crippen LogP contribution in [0.2, 0.25) is 0 Å². The average Bonchev–Trinajstić information content (AvgIpc) is 2.61. The van der Waals surface area contributed by atoms with Crippen molar-refractivity contribution < 1.29 is 9.31 Å². The summed E-state index contributed by atoms with van der Waals surface area (Å²) in [4.78, 5) is 14.5. The molecule has 0 spiro atoms. The van der Waals surface area contributed by atoms with E-state index in [0.29, 0.717) is 12.2 Å². The lowest BCUT2D eigenvalue weighted by molar-refractivity contribution is -0.386. The Labute approximate surface area is 138 Å². The molecule has 1 aromatic carbocycles. The number of likely N-dealkylation sites (N-methyl/N-ethyl adjacent to an activating group) is 1. The second-order valence-electron chi connectivity index (χ2n) is 5.80. The average molecular weight is 331 g/mol. The number of hydrogen-bond acceptors (Lipinski definition) is 6. The number of benzene rings is 1. The number of nitro groups is 1. The van der Waals surface area contributed by atoms with Crippen molar-refractivity contribution in [1.29, 1.82) is 0 Å². The molecule has 24 heavy (non-hydrogen) atoms. The van der Waals surface area contributed by atoms with Crippen molar-refractivity contribution in [2.24, 2.45) is 0 Å². The molecule has 7 nitrogen and oxygen atoms in total. The summed E-state index contributed by atoms with van der Waals surface area (Å²) in [7, 11) is 1.77. The van der Waals surface area contributed by atoms with Crippen LogP contribution in [0.3, 0.4) is 0 Å². The number of rotatable bonds is 4. The van der Waals surface area contributed by atoms with Gasteiger partial charge in [-0.1, -0.05) is 6.07 Å². The Bertz CT molecular complexity index is 728. The van der Waals surface area contributed by atoms with Crippen molar-refractivity contribution in [2.75, 3.05) is 29.9 Å². The monoisotopic (exact) mass is 331 g/mol. The van der Waals surface area contributed by atoms with E-state index in [-0.39, 0.29) is 6.04 Å². The zero-order valence-corrected chi connectivity index (χ0v) is 13.3. The third-order valence-electron chi connectivity index (χ3n) is 4.35. The van der Waals surface area contributed by atoms with Crippen LogP contribution >= 0.6 is 0 Å². The highest BCUT2D eigenvalue weighted by molar-refractivity contribution is 5.64. The van der Waals surface area contributed by atoms with Crippen molar-refractivity contribution >= 4 is 17.2 Å². The molecular formula is C16H18FN5O2. The molecule has 0 radical (unpaired) electrons. The minimum absolute atomic E-state index is 0.0289. The number of anilines is 2. The second kappa shape index (κ2) is 6.77. The van der Waals surface area contributed by atoms with Gasteiger partial charge in [0.15, 0.2) is 5.82 Å². The van der Waals surface area contributed by atoms with Crippen LogP contribution in [0.15, 0.2) is 36.5 Å². The number of para-hydroxylation sites is 1. The third kappa shape index (κ3) is 3.12. The van der Waals surface area contributed by atoms with Crippen LogP contribution in [0, 0.1) is 15.9 Å². The van der Waals surface area contributed by atoms with E-state index in [1.54, 1.807) is 24.2 Å². The summed E-state index contributed by atoms with van der Waals surface area (Å²) in [5.74, 6) is -0.0321. The van der Waals surface area contributed by atoms with Gasteiger partial charge in [0, 0.05) is 32.4 Å². The number of nitrogens with zero attached hydrogens (tertiary/aromatic N) is 5. The highest BCUT2D eigenvalue weighted by Gasteiger charge is 2.29. The minimum atomic E-state index is -0.814. The molecule has 3 rings (SSSR count). The van der Waals surface area contributed by atoms with Gasteiger partial charge in [-0.3, -0.25) is 10.1 Å². The predicted octanol–water partition coefficient (Wildman–Crippen LogP) is 2.63. The SMILES string of the molecule is CN(c1cccc(F)c1[N+](=O)[O-])C1CCCN(c2cccnn2)C1. The molecule has 1 unspecified atom stereocenters. The largest absolute Gasteiger partial charge is 0.364 e. The molecule has 0 bridgehead atoms. The molecule has 0 aliphatic carbocycles. The fourth-order valence-corrected chi connectivity index (χ4v) is 3.11. The number of hydrogen-bond donors (Lipinski definition) is 0. The summed E-state index contributed by atoms with van der Waals surface area (Å²) < 4.78 is 13.9. The van der Waals surface area contributed by atoms with E-state index in [1.165, 1.54) is 6.07 Å². The Kier molecular flexibility index (Phi) is 4.54. The Morgan fingerprint density at radius 1 is 1.38 bits per heavy atom. The van der Waals surface area contributed by atoms with Crippen LogP contribution in [0.1, 0.15) is 12.8 Å². The van der Waals surface area contributed by atoms with Crippen LogP contribution in [0.5, 0.6) is 0 Å². The summed E-state index contributed by atoms with van der Waals surface area (Å²) in [5, 5.41) is 19.2. The topological polar surface area (TPSA) is 75.4 Å². The summed E-state index contributed by atoms with van der Waals surface area (Å²) in [6.07, 6.45) is 3.42. The number of piperidine rings is 1. The van der Waals surface area contributed by atoms with E-state index in [4.69, 9.17) is 0 Å². The van der Waals surface area contributed by atoms with E-state index in [9.17, 15) is 14.5 Å². The van der Waals surface area contributed by atoms with Crippen molar-refractivity contribution in [3.8, 4) is 0 Å². The molecule has 1 atom stereocenters. The first kappa shape index (κ1) is 16.1. The van der Waals surface area contributed by atoms with Crippen molar-refractivity contribution in [3.05, 3.63) is 52.5 Å². The van der Waals surface area contributed by atoms with E-state index in [0.717, 1.165) is 31.3 Å². The van der Waals surface area contributed by atoms with Crippen molar-refractivity contribution in [1.82, 2.24) is 10.2 Å². The number of nitro benzene ring substituents is 1. The van der Waals surface area contributed by atoms with Crippen LogP contribution < -0.4 is 9.80 Å². The number of aromatic nitrogens is 2. The smallest absolute Gasteiger partial charge is 0.327 e. The molecule has 2 heterocycles. The molecule has 0 N–H and O–H groups in total. The van der Waals surface area contributed by atoms with Gasteiger partial charge < -0.3 is 9.80 Å². The summed E-state index contributed by atoms with van der Waals surface area (Å²) in [6.45, 7) is 1.51. The van der Waals surface area contributed by atoms with E-state index in [2.05, 4.69) is 15.1 Å². The molecule has 0 amide bonds. The molecular weight excluding hydrogens is 313 g/mol. The van der Waals surface area contributed by atoms with Gasteiger partial charge in [0.05, 0.1) is 4.92 Å². The quantitative estimate of drug-likeness (QED) is 0.633. The van der Waals surface area contributed by atoms with Gasteiger partial charge in [0.1, 0.15) is 5.69 Å². The van der Waals surface area contributed by atoms with E-state index in [1.807, 2.05) is 12.1 Å². The lowest BCUT2D eigenvalue weighted by Gasteiger charge is -2.38. The molecule has 1 saturated heterocycles. The first-order valence-electron chi connectivity index (χ1n) is 7.76. The molecule has 1 aromatic heterocycles. The van der Waals surface area contributed by atoms with E-state index >= 15 is 0 Å². The molecule has 1 aliphatic heterocycles. The standard InChI is InChI=1S/C16H18FN5O2/c1-20(14-7-2-6-13(17)16(14)22(23)24)12-5-4-10-21(11-12)15-8-3-9-18-19-15/h2-3,6-9,12H,4-5,10-11H2,1H3. The molecule has 1 aliphatic rings. The Morgan fingerprint density at radius 2 is 2.21 bits per heavy atom. The predicted molar refractivity (Wildman–Crippen MR) is 88.7 cm³/mol. The van der Waals surface area contributed by atoms with Gasteiger partial charge >= 0.3 is 5.69 Å². The maximum absolute atomic E-state index is 13.9. The van der Waals surface area contributed by atoms with Gasteiger partial charge in [-0.2, -0.15) is 9.49 Å². The fraction of sp³-hybridized carbons (Fsp3) is 0.375. The Balaban J connectivity index is 1.84. The molecule has 8 heteroatoms. The fourth-order valence-electron chi connectivity index (χ4n) is 3.11. The van der Waals surface area contributed by atoms with Gasteiger partial charge in [0.25, 0.3) is 0 Å². The molecule has 126 valence electrons. The van der Waals surface area contributed by atoms with Crippen LogP contribution in [0.4, 0.5) is 21.6 Å². The van der Waals surface area contributed by atoms with Crippen molar-refractivity contribution in [3.63, 3.8) is 0 Å². The van der Waals surface area contributed by atoms with E-state index < -0.39 is 16.4 Å². The van der Waals surface area contributed by atoms with Crippen molar-refractivity contribution in [2.45, 2.75) is 18.9 Å². The highest BCUT2D eigenvalue weighted by Crippen LogP contribution is 2.33. The number of halogens is 1. The lowest BCUT2D eigenvalue weighted by atomic mass is 10.0. The first-order chi connectivity index (χ1) is 11.6. The van der Waals surface area contributed by atoms with Gasteiger partial charge in [0.2, 0.25) is 5.82 Å². The summed E-state index contributed by atoms with van der Waals surface area (Å²) in [5.41, 5.74) is -0.178. The third-order valence-corrected chi connectivity index (χ3v) is 4.35. The lowest BCUT2D eigenvalue weighted by Crippen LogP contribution is -2.47. The Hall–Kier alpha value is -2.77. The van der Waals surface area contributed by atoms with Crippen LogP contribution in [0.25, 0.3) is 0 Å². The van der Waals surface area contributed by atoms with Crippen LogP contribution in [-0.2, 0) is 0 Å². The molecule has 2 aromatic rings. The zero-order chi connectivity index (χ0) is 17.1. The minimum Gasteiger partial charge on any atom is -0.364 e. The van der Waals surface area contributed by atoms with Gasteiger partial charge in [-0.25, -0.2) is 0 Å². The van der Waals surface area contributed by atoms with Gasteiger partial charge in [-0.05, 0) is 37.1 Å². The maximum Gasteiger partial charge on any atom is 0.327 e. The summed E-state index contributed by atoms with van der Waals surface area (Å²) >= 11 is 0. The first-order valence-corrected chi connectivity index (χ1v) is 7.76. The zero-order valence-electron chi connectivity index (χ0n) is 13.3. The highest BCUT2D eigenvalue weighted by atomic mass is 19.1. The molecule has 0 saturated carbocycles. The summed E-state index contributed by atoms with van der Waals surface area (Å²) in [6, 6.07) is 7.94. The van der Waals surface area contributed by atoms with Gasteiger partial charge in [-0.15, -0.1) is 5.10 Å². The normalized spacial score (nSPS) is 17.6. The molecule has 1 fully saturated rings. The maximum atomic E-state index is 13.9. The Morgan fingerprint density at radius 3 is 2.92 bits per heavy atom. The van der Waals surface area contributed by atoms with Crippen LogP contribution in [-0.4, -0.2) is 41.3 Å².